The van der Waals surface area contributed by atoms with Crippen molar-refractivity contribution in [2.24, 2.45) is 5.92 Å². The van der Waals surface area contributed by atoms with Gasteiger partial charge in [-0.2, -0.15) is 0 Å². The second-order valence-corrected chi connectivity index (χ2v) is 7.93. The SMILES string of the molecule is CCOC(=O)C1CCCN(C(=O)CN(C)C(=O)COc2cccc(NC(=O)c3ccco3)c2)C1. The van der Waals surface area contributed by atoms with E-state index in [0.29, 0.717) is 44.0 Å². The maximum atomic E-state index is 12.6. The first-order valence-corrected chi connectivity index (χ1v) is 11.1. The molecule has 2 heterocycles. The lowest BCUT2D eigenvalue weighted by atomic mass is 9.98. The molecule has 1 N–H and O–H groups in total. The molecule has 1 fully saturated rings. The standard InChI is InChI=1S/C24H29N3O7/c1-3-32-24(31)17-7-5-11-27(14-17)21(28)15-26(2)22(29)16-34-19-9-4-8-18(13-19)25-23(30)20-10-6-12-33-20/h4,6,8-10,12-13,17H,3,5,7,11,14-16H2,1-2H3,(H,25,30). The van der Waals surface area contributed by atoms with Gasteiger partial charge < -0.3 is 29.0 Å². The molecule has 1 aromatic heterocycles. The van der Waals surface area contributed by atoms with E-state index in [2.05, 4.69) is 5.32 Å². The monoisotopic (exact) mass is 471 g/mol. The van der Waals surface area contributed by atoms with Crippen molar-refractivity contribution >= 4 is 29.4 Å². The van der Waals surface area contributed by atoms with Crippen LogP contribution in [0.5, 0.6) is 5.75 Å². The molecule has 34 heavy (non-hydrogen) atoms. The molecule has 182 valence electrons. The van der Waals surface area contributed by atoms with Gasteiger partial charge in [-0.05, 0) is 44.0 Å². The lowest BCUT2D eigenvalue weighted by Crippen LogP contribution is -2.47. The summed E-state index contributed by atoms with van der Waals surface area (Å²) in [6.45, 7) is 2.51. The number of anilines is 1. The zero-order chi connectivity index (χ0) is 24.5. The van der Waals surface area contributed by atoms with Crippen molar-refractivity contribution in [1.29, 1.82) is 0 Å². The van der Waals surface area contributed by atoms with Crippen molar-refractivity contribution in [3.8, 4) is 5.75 Å². The molecule has 2 aromatic rings. The molecular weight excluding hydrogens is 442 g/mol. The average molecular weight is 472 g/mol. The quantitative estimate of drug-likeness (QED) is 0.557. The molecule has 3 rings (SSSR count). The summed E-state index contributed by atoms with van der Waals surface area (Å²) < 4.78 is 15.7. The highest BCUT2D eigenvalue weighted by Crippen LogP contribution is 2.19. The van der Waals surface area contributed by atoms with Crippen LogP contribution in [0, 0.1) is 5.92 Å². The van der Waals surface area contributed by atoms with Crippen molar-refractivity contribution in [2.45, 2.75) is 19.8 Å². The van der Waals surface area contributed by atoms with E-state index in [0.717, 1.165) is 0 Å². The van der Waals surface area contributed by atoms with Crippen molar-refractivity contribution in [2.75, 3.05) is 45.2 Å². The summed E-state index contributed by atoms with van der Waals surface area (Å²) in [5.74, 6) is -1.07. The number of amides is 3. The van der Waals surface area contributed by atoms with Crippen LogP contribution in [-0.4, -0.2) is 73.4 Å². The van der Waals surface area contributed by atoms with Crippen molar-refractivity contribution in [3.63, 3.8) is 0 Å². The second kappa shape index (κ2) is 11.9. The molecule has 0 aliphatic carbocycles. The molecule has 0 radical (unpaired) electrons. The zero-order valence-electron chi connectivity index (χ0n) is 19.3. The van der Waals surface area contributed by atoms with Crippen LogP contribution in [0.1, 0.15) is 30.3 Å². The first kappa shape index (κ1) is 24.8. The van der Waals surface area contributed by atoms with E-state index >= 15 is 0 Å². The Kier molecular flexibility index (Phi) is 8.66. The van der Waals surface area contributed by atoms with E-state index in [-0.39, 0.29) is 42.6 Å². The van der Waals surface area contributed by atoms with E-state index in [4.69, 9.17) is 13.9 Å². The number of rotatable bonds is 9. The summed E-state index contributed by atoms with van der Waals surface area (Å²) in [5.41, 5.74) is 0.483. The molecule has 0 spiro atoms. The minimum atomic E-state index is -0.403. The topological polar surface area (TPSA) is 118 Å². The van der Waals surface area contributed by atoms with Crippen LogP contribution in [-0.2, 0) is 19.1 Å². The summed E-state index contributed by atoms with van der Waals surface area (Å²) in [6.07, 6.45) is 2.81. The van der Waals surface area contributed by atoms with Gasteiger partial charge in [0.15, 0.2) is 12.4 Å². The van der Waals surface area contributed by atoms with Gasteiger partial charge in [0.2, 0.25) is 5.91 Å². The Labute approximate surface area is 197 Å². The predicted molar refractivity (Wildman–Crippen MR) is 122 cm³/mol. The van der Waals surface area contributed by atoms with Crippen molar-refractivity contribution < 1.29 is 33.1 Å². The summed E-state index contributed by atoms with van der Waals surface area (Å²) in [7, 11) is 1.52. The molecule has 10 nitrogen and oxygen atoms in total. The Morgan fingerprint density at radius 3 is 2.76 bits per heavy atom. The number of hydrogen-bond donors (Lipinski definition) is 1. The molecule has 0 bridgehead atoms. The number of hydrogen-bond acceptors (Lipinski definition) is 7. The third-order valence-corrected chi connectivity index (χ3v) is 5.39. The Balaban J connectivity index is 1.47. The van der Waals surface area contributed by atoms with Crippen molar-refractivity contribution in [1.82, 2.24) is 9.80 Å². The van der Waals surface area contributed by atoms with E-state index in [1.807, 2.05) is 0 Å². The lowest BCUT2D eigenvalue weighted by Gasteiger charge is -2.32. The highest BCUT2D eigenvalue weighted by atomic mass is 16.5. The van der Waals surface area contributed by atoms with E-state index in [9.17, 15) is 19.2 Å². The fraction of sp³-hybridized carbons (Fsp3) is 0.417. The zero-order valence-corrected chi connectivity index (χ0v) is 19.3. The number of likely N-dealkylation sites (tertiary alicyclic amines) is 1. The van der Waals surface area contributed by atoms with Crippen LogP contribution in [0.15, 0.2) is 47.1 Å². The number of carbonyl (C=O) groups is 4. The maximum absolute atomic E-state index is 12.6. The third-order valence-electron chi connectivity index (χ3n) is 5.39. The Hall–Kier alpha value is -3.82. The Bertz CT molecular complexity index is 1010. The number of nitrogens with one attached hydrogen (secondary N) is 1. The molecule has 1 saturated heterocycles. The van der Waals surface area contributed by atoms with Gasteiger partial charge in [-0.25, -0.2) is 0 Å². The van der Waals surface area contributed by atoms with Gasteiger partial charge in [0, 0.05) is 31.9 Å². The second-order valence-electron chi connectivity index (χ2n) is 7.93. The Morgan fingerprint density at radius 2 is 2.03 bits per heavy atom. The van der Waals surface area contributed by atoms with E-state index in [1.54, 1.807) is 48.2 Å². The first-order valence-electron chi connectivity index (χ1n) is 11.1. The molecule has 1 aliphatic rings. The number of ether oxygens (including phenoxy) is 2. The van der Waals surface area contributed by atoms with Gasteiger partial charge in [0.25, 0.3) is 11.8 Å². The van der Waals surface area contributed by atoms with Gasteiger partial charge in [0.1, 0.15) is 5.75 Å². The van der Waals surface area contributed by atoms with Crippen LogP contribution >= 0.6 is 0 Å². The van der Waals surface area contributed by atoms with Gasteiger partial charge in [0.05, 0.1) is 25.3 Å². The molecule has 1 atom stereocenters. The minimum Gasteiger partial charge on any atom is -0.484 e. The van der Waals surface area contributed by atoms with Crippen LogP contribution in [0.4, 0.5) is 5.69 Å². The van der Waals surface area contributed by atoms with Crippen LogP contribution in [0.3, 0.4) is 0 Å². The molecular formula is C24H29N3O7. The van der Waals surface area contributed by atoms with Crippen LogP contribution in [0.25, 0.3) is 0 Å². The molecule has 3 amide bonds. The number of esters is 1. The number of piperidine rings is 1. The van der Waals surface area contributed by atoms with Crippen LogP contribution in [0.2, 0.25) is 0 Å². The summed E-state index contributed by atoms with van der Waals surface area (Å²) >= 11 is 0. The average Bonchev–Trinajstić information content (AvgIpc) is 3.38. The molecule has 1 unspecified atom stereocenters. The molecule has 0 saturated carbocycles. The number of benzene rings is 1. The van der Waals surface area contributed by atoms with Gasteiger partial charge in [-0.3, -0.25) is 19.2 Å². The van der Waals surface area contributed by atoms with Gasteiger partial charge in [-0.1, -0.05) is 6.07 Å². The summed E-state index contributed by atoms with van der Waals surface area (Å²) in [4.78, 5) is 52.1. The lowest BCUT2D eigenvalue weighted by molar-refractivity contribution is -0.152. The predicted octanol–water partition coefficient (Wildman–Crippen LogP) is 2.17. The van der Waals surface area contributed by atoms with Gasteiger partial charge >= 0.3 is 5.97 Å². The fourth-order valence-corrected chi connectivity index (χ4v) is 3.57. The maximum Gasteiger partial charge on any atom is 0.310 e. The number of furan rings is 1. The molecule has 10 heteroatoms. The smallest absolute Gasteiger partial charge is 0.310 e. The van der Waals surface area contributed by atoms with Crippen LogP contribution < -0.4 is 10.1 Å². The van der Waals surface area contributed by atoms with Crippen molar-refractivity contribution in [3.05, 3.63) is 48.4 Å². The molecule has 1 aromatic carbocycles. The number of carbonyl (C=O) groups excluding carboxylic acids is 4. The van der Waals surface area contributed by atoms with E-state index in [1.165, 1.54) is 18.2 Å². The number of nitrogens with zero attached hydrogens (tertiary/aromatic N) is 2. The number of likely N-dealkylation sites (N-methyl/N-ethyl adjacent to an activating group) is 1. The first-order chi connectivity index (χ1) is 16.4. The highest BCUT2D eigenvalue weighted by Gasteiger charge is 2.30. The molecule has 1 aliphatic heterocycles. The Morgan fingerprint density at radius 1 is 1.21 bits per heavy atom. The van der Waals surface area contributed by atoms with E-state index < -0.39 is 5.91 Å². The minimum absolute atomic E-state index is 0.114. The van der Waals surface area contributed by atoms with Gasteiger partial charge in [-0.15, -0.1) is 0 Å². The third kappa shape index (κ3) is 6.84. The summed E-state index contributed by atoms with van der Waals surface area (Å²) in [5, 5.41) is 2.69. The highest BCUT2D eigenvalue weighted by molar-refractivity contribution is 6.02. The summed E-state index contributed by atoms with van der Waals surface area (Å²) in [6, 6.07) is 9.77. The largest absolute Gasteiger partial charge is 0.484 e. The fourth-order valence-electron chi connectivity index (χ4n) is 3.57. The normalized spacial score (nSPS) is 15.4.